The molecule has 2 N–H and O–H groups in total. The molecule has 1 unspecified atom stereocenters. The summed E-state index contributed by atoms with van der Waals surface area (Å²) in [5.41, 5.74) is 5.88. The second-order valence-electron chi connectivity index (χ2n) is 4.49. The number of hydrogen-bond donors (Lipinski definition) is 1. The first-order valence-electron chi connectivity index (χ1n) is 6.93. The van der Waals surface area contributed by atoms with E-state index in [2.05, 4.69) is 22.2 Å². The van der Waals surface area contributed by atoms with E-state index in [1.54, 1.807) is 24.0 Å². The Balaban J connectivity index is 1.91. The lowest BCUT2D eigenvalue weighted by atomic mass is 10.2. The minimum atomic E-state index is -0.221. The number of nitrogens with two attached hydrogens (primary N) is 1. The topological polar surface area (TPSA) is 92.3 Å². The first-order valence-corrected chi connectivity index (χ1v) is 6.93. The molecule has 1 aromatic heterocycles. The summed E-state index contributed by atoms with van der Waals surface area (Å²) in [7, 11) is 0. The van der Waals surface area contributed by atoms with Crippen LogP contribution < -0.4 is 5.73 Å². The van der Waals surface area contributed by atoms with Gasteiger partial charge in [0.2, 0.25) is 5.78 Å². The van der Waals surface area contributed by atoms with Crippen LogP contribution in [-0.2, 0) is 20.8 Å². The van der Waals surface area contributed by atoms with Crippen molar-refractivity contribution in [2.75, 3.05) is 26.4 Å². The molecule has 0 spiro atoms. The summed E-state index contributed by atoms with van der Waals surface area (Å²) in [4.78, 5) is 11.1. The third kappa shape index (κ3) is 8.92. The summed E-state index contributed by atoms with van der Waals surface area (Å²) >= 11 is 0. The number of hydrogen-bond acceptors (Lipinski definition) is 6. The number of carbonyl (C=O) groups excluding carboxylic acids is 1. The molecule has 0 aliphatic rings. The van der Waals surface area contributed by atoms with Gasteiger partial charge in [0, 0.05) is 18.8 Å². The van der Waals surface area contributed by atoms with Crippen LogP contribution in [0.4, 0.5) is 0 Å². The number of ether oxygens (including phenoxy) is 2. The highest BCUT2D eigenvalue weighted by Gasteiger charge is 2.04. The van der Waals surface area contributed by atoms with Gasteiger partial charge < -0.3 is 15.2 Å². The number of ketones is 1. The predicted octanol–water partition coefficient (Wildman–Crippen LogP) is 0.0112. The van der Waals surface area contributed by atoms with Crippen molar-refractivity contribution in [2.24, 2.45) is 5.73 Å². The maximum atomic E-state index is 11.1. The van der Waals surface area contributed by atoms with Crippen LogP contribution in [0.3, 0.4) is 0 Å². The van der Waals surface area contributed by atoms with Crippen LogP contribution in [0.2, 0.25) is 0 Å². The summed E-state index contributed by atoms with van der Waals surface area (Å²) in [6, 6.07) is -0.0914. The maximum absolute atomic E-state index is 11.1. The molecular formula is C14H22N4O3. The number of nitrogens with zero attached hydrogens (tertiary/aromatic N) is 3. The molecule has 0 saturated heterocycles. The van der Waals surface area contributed by atoms with Crippen LogP contribution in [0, 0.1) is 11.8 Å². The van der Waals surface area contributed by atoms with E-state index in [1.165, 1.54) is 0 Å². The van der Waals surface area contributed by atoms with Crippen LogP contribution >= 0.6 is 0 Å². The summed E-state index contributed by atoms with van der Waals surface area (Å²) in [5, 5.41) is 7.54. The molecule has 7 nitrogen and oxygen atoms in total. The summed E-state index contributed by atoms with van der Waals surface area (Å²) in [6.45, 7) is 3.91. The zero-order valence-electron chi connectivity index (χ0n) is 12.3. The van der Waals surface area contributed by atoms with E-state index in [0.717, 1.165) is 12.8 Å². The van der Waals surface area contributed by atoms with Crippen LogP contribution in [-0.4, -0.2) is 53.2 Å². The zero-order chi connectivity index (χ0) is 15.3. The molecule has 7 heteroatoms. The van der Waals surface area contributed by atoms with Gasteiger partial charge in [-0.2, -0.15) is 0 Å². The average Bonchev–Trinajstić information content (AvgIpc) is 2.96. The van der Waals surface area contributed by atoms with Gasteiger partial charge in [0.15, 0.2) is 0 Å². The number of aromatic nitrogens is 3. The molecule has 1 heterocycles. The van der Waals surface area contributed by atoms with Gasteiger partial charge >= 0.3 is 0 Å². The molecule has 0 aliphatic heterocycles. The molecule has 0 fully saturated rings. The molecule has 0 saturated carbocycles. The SMILES string of the molecule is CC#CC(=O)COCC(N)CCCOCCn1ccnn1. The quantitative estimate of drug-likeness (QED) is 0.351. The van der Waals surface area contributed by atoms with E-state index in [1.807, 2.05) is 0 Å². The largest absolute Gasteiger partial charge is 0.380 e. The molecule has 0 bridgehead atoms. The maximum Gasteiger partial charge on any atom is 0.231 e. The molecule has 0 radical (unpaired) electrons. The fraction of sp³-hybridized carbons (Fsp3) is 0.643. The van der Waals surface area contributed by atoms with Gasteiger partial charge in [0.05, 0.1) is 26.0 Å². The number of carbonyl (C=O) groups is 1. The van der Waals surface area contributed by atoms with E-state index < -0.39 is 0 Å². The highest BCUT2D eigenvalue weighted by atomic mass is 16.5. The molecule has 1 aromatic rings. The Labute approximate surface area is 124 Å². The molecule has 0 aliphatic carbocycles. The predicted molar refractivity (Wildman–Crippen MR) is 77.3 cm³/mol. The fourth-order valence-electron chi connectivity index (χ4n) is 1.62. The average molecular weight is 294 g/mol. The van der Waals surface area contributed by atoms with E-state index in [4.69, 9.17) is 15.2 Å². The third-order valence-corrected chi connectivity index (χ3v) is 2.63. The fourth-order valence-corrected chi connectivity index (χ4v) is 1.62. The van der Waals surface area contributed by atoms with Gasteiger partial charge in [-0.3, -0.25) is 9.48 Å². The second-order valence-corrected chi connectivity index (χ2v) is 4.49. The number of rotatable bonds is 11. The van der Waals surface area contributed by atoms with Gasteiger partial charge in [0.25, 0.3) is 0 Å². The first-order chi connectivity index (χ1) is 10.2. The highest BCUT2D eigenvalue weighted by molar-refractivity contribution is 5.96. The lowest BCUT2D eigenvalue weighted by molar-refractivity contribution is -0.118. The van der Waals surface area contributed by atoms with Gasteiger partial charge in [-0.05, 0) is 25.7 Å². The molecule has 1 atom stereocenters. The Hall–Kier alpha value is -1.75. The van der Waals surface area contributed by atoms with E-state index in [-0.39, 0.29) is 18.4 Å². The van der Waals surface area contributed by atoms with E-state index >= 15 is 0 Å². The van der Waals surface area contributed by atoms with E-state index in [0.29, 0.717) is 26.4 Å². The normalized spacial score (nSPS) is 11.7. The van der Waals surface area contributed by atoms with Crippen molar-refractivity contribution in [2.45, 2.75) is 32.4 Å². The van der Waals surface area contributed by atoms with Crippen LogP contribution in [0.25, 0.3) is 0 Å². The first kappa shape index (κ1) is 17.3. The van der Waals surface area contributed by atoms with Gasteiger partial charge in [-0.1, -0.05) is 11.1 Å². The third-order valence-electron chi connectivity index (χ3n) is 2.63. The van der Waals surface area contributed by atoms with Crippen LogP contribution in [0.1, 0.15) is 19.8 Å². The van der Waals surface area contributed by atoms with Crippen LogP contribution in [0.15, 0.2) is 12.4 Å². The van der Waals surface area contributed by atoms with Crippen molar-refractivity contribution in [1.29, 1.82) is 0 Å². The second kappa shape index (κ2) is 11.0. The van der Waals surface area contributed by atoms with Crippen molar-refractivity contribution in [3.8, 4) is 11.8 Å². The monoisotopic (exact) mass is 294 g/mol. The molecular weight excluding hydrogens is 272 g/mol. The lowest BCUT2D eigenvalue weighted by Gasteiger charge is -2.11. The summed E-state index contributed by atoms with van der Waals surface area (Å²) < 4.78 is 12.4. The molecule has 0 aromatic carbocycles. The van der Waals surface area contributed by atoms with Gasteiger partial charge in [-0.25, -0.2) is 0 Å². The Bertz CT molecular complexity index is 451. The van der Waals surface area contributed by atoms with Crippen molar-refractivity contribution in [3.05, 3.63) is 12.4 Å². The minimum absolute atomic E-state index is 0.00292. The minimum Gasteiger partial charge on any atom is -0.380 e. The summed E-state index contributed by atoms with van der Waals surface area (Å²) in [5.74, 6) is 4.72. The van der Waals surface area contributed by atoms with E-state index in [9.17, 15) is 4.79 Å². The Morgan fingerprint density at radius 2 is 2.29 bits per heavy atom. The Morgan fingerprint density at radius 3 is 3.00 bits per heavy atom. The van der Waals surface area contributed by atoms with Crippen molar-refractivity contribution >= 4 is 5.78 Å². The summed E-state index contributed by atoms with van der Waals surface area (Å²) in [6.07, 6.45) is 5.07. The standard InChI is InChI=1S/C14H22N4O3/c1-2-4-14(19)12-21-11-13(15)5-3-9-20-10-8-18-7-6-16-17-18/h6-7,13H,3,5,8-12,15H2,1H3. The molecule has 0 amide bonds. The highest BCUT2D eigenvalue weighted by Crippen LogP contribution is 1.97. The van der Waals surface area contributed by atoms with Crippen molar-refractivity contribution in [1.82, 2.24) is 15.0 Å². The number of Topliss-reactive ketones (excluding diaryl/α,β-unsaturated/α-hetero) is 1. The molecule has 21 heavy (non-hydrogen) atoms. The Kier molecular flexibility index (Phi) is 9.04. The molecule has 116 valence electrons. The lowest BCUT2D eigenvalue weighted by Crippen LogP contribution is -2.27. The van der Waals surface area contributed by atoms with Crippen molar-refractivity contribution in [3.63, 3.8) is 0 Å². The van der Waals surface area contributed by atoms with Gasteiger partial charge in [0.1, 0.15) is 6.61 Å². The van der Waals surface area contributed by atoms with Gasteiger partial charge in [-0.15, -0.1) is 5.10 Å². The van der Waals surface area contributed by atoms with Crippen molar-refractivity contribution < 1.29 is 14.3 Å². The molecule has 1 rings (SSSR count). The Morgan fingerprint density at radius 1 is 1.43 bits per heavy atom. The van der Waals surface area contributed by atoms with Crippen LogP contribution in [0.5, 0.6) is 0 Å². The smallest absolute Gasteiger partial charge is 0.231 e. The zero-order valence-corrected chi connectivity index (χ0v) is 12.3.